The highest BCUT2D eigenvalue weighted by molar-refractivity contribution is 6.07. The molecular weight excluding hydrogens is 437 g/mol. The molecule has 1 atom stereocenters. The maximum absolute atomic E-state index is 13.0. The van der Waals surface area contributed by atoms with Gasteiger partial charge in [0.1, 0.15) is 5.75 Å². The summed E-state index contributed by atoms with van der Waals surface area (Å²) in [6.07, 6.45) is -4.99. The zero-order valence-electron chi connectivity index (χ0n) is 17.9. The second-order valence-corrected chi connectivity index (χ2v) is 7.55. The fourth-order valence-corrected chi connectivity index (χ4v) is 3.52. The maximum Gasteiger partial charge on any atom is 0.416 e. The van der Waals surface area contributed by atoms with Gasteiger partial charge in [-0.1, -0.05) is 29.4 Å². The number of nitrogens with one attached hydrogen (secondary N) is 1. The summed E-state index contributed by atoms with van der Waals surface area (Å²) in [5.74, 6) is 0.482. The normalized spacial score (nSPS) is 15.7. The van der Waals surface area contributed by atoms with E-state index in [1.54, 1.807) is 32.2 Å². The van der Waals surface area contributed by atoms with E-state index in [1.165, 1.54) is 10.7 Å². The number of alkyl halides is 3. The molecule has 1 N–H and O–H groups in total. The van der Waals surface area contributed by atoms with Gasteiger partial charge in [-0.05, 0) is 36.8 Å². The number of anilines is 1. The average molecular weight is 458 g/mol. The van der Waals surface area contributed by atoms with Crippen LogP contribution in [0.3, 0.4) is 0 Å². The van der Waals surface area contributed by atoms with Crippen LogP contribution < -0.4 is 10.1 Å². The molecule has 7 nitrogen and oxygen atoms in total. The van der Waals surface area contributed by atoms with Crippen molar-refractivity contribution in [3.05, 3.63) is 77.0 Å². The summed E-state index contributed by atoms with van der Waals surface area (Å²) < 4.78 is 45.7. The Morgan fingerprint density at radius 2 is 2.00 bits per heavy atom. The predicted molar refractivity (Wildman–Crippen MR) is 115 cm³/mol. The Balaban J connectivity index is 1.41. The molecule has 0 fully saturated rings. The molecule has 4 rings (SSSR count). The predicted octanol–water partition coefficient (Wildman–Crippen LogP) is 4.40. The van der Waals surface area contributed by atoms with Gasteiger partial charge in [0.25, 0.3) is 5.91 Å². The Morgan fingerprint density at radius 1 is 1.21 bits per heavy atom. The van der Waals surface area contributed by atoms with Crippen molar-refractivity contribution < 1.29 is 27.5 Å². The second kappa shape index (κ2) is 8.97. The van der Waals surface area contributed by atoms with Crippen LogP contribution in [0.15, 0.2) is 59.8 Å². The molecular formula is C23H21F3N4O3. The van der Waals surface area contributed by atoms with E-state index in [0.29, 0.717) is 22.7 Å². The monoisotopic (exact) mass is 458 g/mol. The minimum absolute atomic E-state index is 0.132. The second-order valence-electron chi connectivity index (χ2n) is 7.55. The lowest BCUT2D eigenvalue weighted by Gasteiger charge is -2.10. The van der Waals surface area contributed by atoms with Crippen LogP contribution in [0.2, 0.25) is 0 Å². The van der Waals surface area contributed by atoms with Crippen molar-refractivity contribution in [2.75, 3.05) is 12.4 Å². The van der Waals surface area contributed by atoms with E-state index in [4.69, 9.17) is 9.57 Å². The van der Waals surface area contributed by atoms with E-state index in [-0.39, 0.29) is 18.8 Å². The van der Waals surface area contributed by atoms with Crippen LogP contribution in [0.1, 0.15) is 28.8 Å². The topological polar surface area (TPSA) is 77.7 Å². The summed E-state index contributed by atoms with van der Waals surface area (Å²) in [6, 6.07) is 14.0. The van der Waals surface area contributed by atoms with Crippen molar-refractivity contribution in [2.45, 2.75) is 32.2 Å². The van der Waals surface area contributed by atoms with Gasteiger partial charge in [-0.2, -0.15) is 18.3 Å². The molecule has 1 aliphatic rings. The molecule has 0 radical (unpaired) electrons. The number of halogens is 3. The van der Waals surface area contributed by atoms with E-state index in [0.717, 1.165) is 17.7 Å². The molecule has 2 aromatic carbocycles. The molecule has 3 aromatic rings. The highest BCUT2D eigenvalue weighted by atomic mass is 19.4. The quantitative estimate of drug-likeness (QED) is 0.594. The number of carbonyl (C=O) groups excluding carboxylic acids is 1. The van der Waals surface area contributed by atoms with E-state index in [2.05, 4.69) is 15.6 Å². The van der Waals surface area contributed by atoms with Crippen LogP contribution >= 0.6 is 0 Å². The van der Waals surface area contributed by atoms with Gasteiger partial charge in [0, 0.05) is 23.7 Å². The van der Waals surface area contributed by atoms with Crippen LogP contribution in [0, 0.1) is 6.92 Å². The fraction of sp³-hybridized carbons (Fsp3) is 0.261. The van der Waals surface area contributed by atoms with Gasteiger partial charge in [-0.3, -0.25) is 9.48 Å². The van der Waals surface area contributed by atoms with Crippen LogP contribution in [0.25, 0.3) is 0 Å². The van der Waals surface area contributed by atoms with E-state index < -0.39 is 23.8 Å². The number of methoxy groups -OCH3 is 1. The molecule has 33 heavy (non-hydrogen) atoms. The SMILES string of the molecule is COc1ccccc1C1=NO[C@H](C(=O)Nc2cc(C)n(Cc3cccc(C(F)(F)F)c3)n2)C1. The number of rotatable bonds is 6. The standard InChI is InChI=1S/C23H21F3N4O3/c1-14-10-21(28-30(14)13-15-6-5-7-16(11-15)23(24,25)26)27-22(31)20-12-18(29-33-20)17-8-3-4-9-19(17)32-2/h3-11,20H,12-13H2,1-2H3,(H,27,28,31)/t20-/m0/s1. The highest BCUT2D eigenvalue weighted by Gasteiger charge is 2.31. The van der Waals surface area contributed by atoms with Gasteiger partial charge < -0.3 is 14.9 Å². The zero-order chi connectivity index (χ0) is 23.6. The molecule has 1 aliphatic heterocycles. The molecule has 10 heteroatoms. The summed E-state index contributed by atoms with van der Waals surface area (Å²) in [4.78, 5) is 18.0. The number of amides is 1. The third kappa shape index (κ3) is 5.00. The number of carbonyl (C=O) groups is 1. The molecule has 0 spiro atoms. The molecule has 1 aromatic heterocycles. The highest BCUT2D eigenvalue weighted by Crippen LogP contribution is 2.30. The third-order valence-corrected chi connectivity index (χ3v) is 5.20. The van der Waals surface area contributed by atoms with Crippen molar-refractivity contribution in [3.8, 4) is 5.75 Å². The van der Waals surface area contributed by atoms with Crippen LogP contribution in [-0.4, -0.2) is 34.6 Å². The molecule has 0 saturated carbocycles. The largest absolute Gasteiger partial charge is 0.496 e. The van der Waals surface area contributed by atoms with Gasteiger partial charge in [-0.15, -0.1) is 0 Å². The Kier molecular flexibility index (Phi) is 6.08. The molecule has 172 valence electrons. The first kappa shape index (κ1) is 22.4. The van der Waals surface area contributed by atoms with Gasteiger partial charge in [0.15, 0.2) is 5.82 Å². The van der Waals surface area contributed by atoms with Gasteiger partial charge in [-0.25, -0.2) is 0 Å². The van der Waals surface area contributed by atoms with E-state index in [9.17, 15) is 18.0 Å². The lowest BCUT2D eigenvalue weighted by molar-refractivity contribution is -0.137. The number of aromatic nitrogens is 2. The first-order chi connectivity index (χ1) is 15.7. The minimum Gasteiger partial charge on any atom is -0.496 e. The lowest BCUT2D eigenvalue weighted by atomic mass is 10.0. The number of hydrogen-bond acceptors (Lipinski definition) is 5. The molecule has 0 saturated heterocycles. The number of aryl methyl sites for hydroxylation is 1. The van der Waals surface area contributed by atoms with Crippen molar-refractivity contribution in [3.63, 3.8) is 0 Å². The lowest BCUT2D eigenvalue weighted by Crippen LogP contribution is -2.28. The van der Waals surface area contributed by atoms with Crippen LogP contribution in [0.4, 0.5) is 19.0 Å². The van der Waals surface area contributed by atoms with Crippen molar-refractivity contribution >= 4 is 17.4 Å². The first-order valence-electron chi connectivity index (χ1n) is 10.1. The van der Waals surface area contributed by atoms with Crippen LogP contribution in [0.5, 0.6) is 5.75 Å². The Hall–Kier alpha value is -3.82. The Bertz CT molecular complexity index is 1200. The van der Waals surface area contributed by atoms with Crippen molar-refractivity contribution in [1.82, 2.24) is 9.78 Å². The molecule has 2 heterocycles. The molecule has 0 unspecified atom stereocenters. The average Bonchev–Trinajstić information content (AvgIpc) is 3.40. The van der Waals surface area contributed by atoms with Crippen molar-refractivity contribution in [2.24, 2.45) is 5.16 Å². The van der Waals surface area contributed by atoms with Crippen LogP contribution in [-0.2, 0) is 22.4 Å². The van der Waals surface area contributed by atoms with Gasteiger partial charge in [0.05, 0.1) is 24.9 Å². The summed E-state index contributed by atoms with van der Waals surface area (Å²) >= 11 is 0. The summed E-state index contributed by atoms with van der Waals surface area (Å²) in [5, 5.41) is 11.0. The smallest absolute Gasteiger partial charge is 0.416 e. The fourth-order valence-electron chi connectivity index (χ4n) is 3.52. The third-order valence-electron chi connectivity index (χ3n) is 5.20. The Morgan fingerprint density at radius 3 is 2.76 bits per heavy atom. The zero-order valence-corrected chi connectivity index (χ0v) is 17.9. The van der Waals surface area contributed by atoms with E-state index >= 15 is 0 Å². The number of benzene rings is 2. The van der Waals surface area contributed by atoms with Crippen molar-refractivity contribution in [1.29, 1.82) is 0 Å². The van der Waals surface area contributed by atoms with Gasteiger partial charge >= 0.3 is 6.18 Å². The summed E-state index contributed by atoms with van der Waals surface area (Å²) in [6.45, 7) is 1.89. The maximum atomic E-state index is 13.0. The number of nitrogens with zero attached hydrogens (tertiary/aromatic N) is 3. The molecule has 0 bridgehead atoms. The number of hydrogen-bond donors (Lipinski definition) is 1. The molecule has 1 amide bonds. The number of ether oxygens (including phenoxy) is 1. The minimum atomic E-state index is -4.42. The van der Waals surface area contributed by atoms with Gasteiger partial charge in [0.2, 0.25) is 6.10 Å². The molecule has 0 aliphatic carbocycles. The summed E-state index contributed by atoms with van der Waals surface area (Å²) in [7, 11) is 1.55. The number of oxime groups is 1. The summed E-state index contributed by atoms with van der Waals surface area (Å²) in [5.41, 5.74) is 1.75. The first-order valence-corrected chi connectivity index (χ1v) is 10.1. The van der Waals surface area contributed by atoms with E-state index in [1.807, 2.05) is 18.2 Å². The Labute approximate surface area is 187 Å². The number of para-hydroxylation sites is 1.